The SMILES string of the molecule is CCN(CCN)CCOc1ccccc1OC. The van der Waals surface area contributed by atoms with Gasteiger partial charge in [0.15, 0.2) is 11.5 Å². The highest BCUT2D eigenvalue weighted by Gasteiger charge is 2.04. The van der Waals surface area contributed by atoms with Gasteiger partial charge >= 0.3 is 0 Å². The summed E-state index contributed by atoms with van der Waals surface area (Å²) in [4.78, 5) is 2.26. The molecule has 0 spiro atoms. The Labute approximate surface area is 103 Å². The van der Waals surface area contributed by atoms with E-state index in [0.29, 0.717) is 13.2 Å². The normalized spacial score (nSPS) is 10.6. The van der Waals surface area contributed by atoms with Gasteiger partial charge in [-0.2, -0.15) is 0 Å². The lowest BCUT2D eigenvalue weighted by Gasteiger charge is -2.19. The standard InChI is InChI=1S/C13H22N2O2/c1-3-15(9-8-14)10-11-17-13-7-5-4-6-12(13)16-2/h4-7H,3,8-11,14H2,1-2H3. The highest BCUT2D eigenvalue weighted by atomic mass is 16.5. The molecular weight excluding hydrogens is 216 g/mol. The van der Waals surface area contributed by atoms with E-state index in [-0.39, 0.29) is 0 Å². The van der Waals surface area contributed by atoms with Gasteiger partial charge in [-0.1, -0.05) is 19.1 Å². The Kier molecular flexibility index (Phi) is 6.43. The third-order valence-electron chi connectivity index (χ3n) is 2.63. The van der Waals surface area contributed by atoms with E-state index in [1.165, 1.54) is 0 Å². The molecule has 0 amide bonds. The number of likely N-dealkylation sites (N-methyl/N-ethyl adjacent to an activating group) is 1. The number of methoxy groups -OCH3 is 1. The Morgan fingerprint density at radius 3 is 2.47 bits per heavy atom. The van der Waals surface area contributed by atoms with Crippen LogP contribution >= 0.6 is 0 Å². The smallest absolute Gasteiger partial charge is 0.161 e. The molecule has 0 aliphatic heterocycles. The van der Waals surface area contributed by atoms with Crippen molar-refractivity contribution in [1.29, 1.82) is 0 Å². The topological polar surface area (TPSA) is 47.7 Å². The second-order valence-electron chi connectivity index (χ2n) is 3.72. The Morgan fingerprint density at radius 2 is 1.88 bits per heavy atom. The Bertz CT molecular complexity index is 318. The Morgan fingerprint density at radius 1 is 1.18 bits per heavy atom. The predicted octanol–water partition coefficient (Wildman–Crippen LogP) is 1.35. The lowest BCUT2D eigenvalue weighted by molar-refractivity contribution is 0.214. The first-order valence-corrected chi connectivity index (χ1v) is 6.00. The number of benzene rings is 1. The van der Waals surface area contributed by atoms with Crippen LogP contribution in [0.5, 0.6) is 11.5 Å². The summed E-state index contributed by atoms with van der Waals surface area (Å²) in [6, 6.07) is 7.68. The molecule has 0 saturated heterocycles. The lowest BCUT2D eigenvalue weighted by Crippen LogP contribution is -2.32. The molecule has 0 radical (unpaired) electrons. The molecular formula is C13H22N2O2. The maximum Gasteiger partial charge on any atom is 0.161 e. The van der Waals surface area contributed by atoms with E-state index >= 15 is 0 Å². The number of hydrogen-bond donors (Lipinski definition) is 1. The molecule has 0 saturated carbocycles. The van der Waals surface area contributed by atoms with Crippen molar-refractivity contribution in [2.75, 3.05) is 39.9 Å². The van der Waals surface area contributed by atoms with Gasteiger partial charge < -0.3 is 15.2 Å². The maximum absolute atomic E-state index is 5.70. The summed E-state index contributed by atoms with van der Waals surface area (Å²) < 4.78 is 10.9. The fourth-order valence-electron chi connectivity index (χ4n) is 1.63. The van der Waals surface area contributed by atoms with Crippen LogP contribution in [0.1, 0.15) is 6.92 Å². The highest BCUT2D eigenvalue weighted by molar-refractivity contribution is 5.39. The number of rotatable bonds is 8. The van der Waals surface area contributed by atoms with Gasteiger partial charge in [-0.15, -0.1) is 0 Å². The molecule has 17 heavy (non-hydrogen) atoms. The zero-order chi connectivity index (χ0) is 12.5. The molecule has 0 atom stereocenters. The first-order chi connectivity index (χ1) is 8.31. The van der Waals surface area contributed by atoms with Gasteiger partial charge in [-0.25, -0.2) is 0 Å². The van der Waals surface area contributed by atoms with Gasteiger partial charge in [-0.05, 0) is 18.7 Å². The molecule has 0 heterocycles. The van der Waals surface area contributed by atoms with E-state index < -0.39 is 0 Å². The van der Waals surface area contributed by atoms with Crippen LogP contribution in [-0.2, 0) is 0 Å². The lowest BCUT2D eigenvalue weighted by atomic mass is 10.3. The van der Waals surface area contributed by atoms with Crippen molar-refractivity contribution in [2.45, 2.75) is 6.92 Å². The summed E-state index contributed by atoms with van der Waals surface area (Å²) >= 11 is 0. The van der Waals surface area contributed by atoms with Crippen molar-refractivity contribution in [3.8, 4) is 11.5 Å². The monoisotopic (exact) mass is 238 g/mol. The molecule has 96 valence electrons. The van der Waals surface area contributed by atoms with E-state index in [1.54, 1.807) is 7.11 Å². The number of nitrogens with two attached hydrogens (primary N) is 1. The fourth-order valence-corrected chi connectivity index (χ4v) is 1.63. The van der Waals surface area contributed by atoms with Crippen molar-refractivity contribution >= 4 is 0 Å². The van der Waals surface area contributed by atoms with Crippen molar-refractivity contribution in [3.63, 3.8) is 0 Å². The van der Waals surface area contributed by atoms with Gasteiger partial charge in [0, 0.05) is 19.6 Å². The van der Waals surface area contributed by atoms with Crippen LogP contribution in [0.2, 0.25) is 0 Å². The van der Waals surface area contributed by atoms with E-state index in [2.05, 4.69) is 11.8 Å². The van der Waals surface area contributed by atoms with Crippen molar-refractivity contribution in [3.05, 3.63) is 24.3 Å². The summed E-state index contributed by atoms with van der Waals surface area (Å²) in [5.74, 6) is 1.56. The fraction of sp³-hybridized carbons (Fsp3) is 0.538. The zero-order valence-corrected chi connectivity index (χ0v) is 10.7. The maximum atomic E-state index is 5.70. The van der Waals surface area contributed by atoms with Crippen molar-refractivity contribution in [2.24, 2.45) is 5.73 Å². The average molecular weight is 238 g/mol. The molecule has 1 rings (SSSR count). The molecule has 0 aliphatic carbocycles. The summed E-state index contributed by atoms with van der Waals surface area (Å²) in [7, 11) is 1.65. The number of ether oxygens (including phenoxy) is 2. The third-order valence-corrected chi connectivity index (χ3v) is 2.63. The molecule has 0 fully saturated rings. The summed E-state index contributed by atoms with van der Waals surface area (Å²) in [6.45, 7) is 6.24. The third kappa shape index (κ3) is 4.63. The molecule has 2 N–H and O–H groups in total. The molecule has 4 heteroatoms. The van der Waals surface area contributed by atoms with Gasteiger partial charge in [0.1, 0.15) is 6.61 Å². The van der Waals surface area contributed by atoms with E-state index in [1.807, 2.05) is 24.3 Å². The highest BCUT2D eigenvalue weighted by Crippen LogP contribution is 2.25. The van der Waals surface area contributed by atoms with Crippen LogP contribution in [0.4, 0.5) is 0 Å². The van der Waals surface area contributed by atoms with Gasteiger partial charge in [0.05, 0.1) is 7.11 Å². The van der Waals surface area contributed by atoms with Crippen LogP contribution in [0.25, 0.3) is 0 Å². The van der Waals surface area contributed by atoms with Crippen molar-refractivity contribution in [1.82, 2.24) is 4.90 Å². The van der Waals surface area contributed by atoms with E-state index in [0.717, 1.165) is 31.1 Å². The van der Waals surface area contributed by atoms with E-state index in [4.69, 9.17) is 15.2 Å². The largest absolute Gasteiger partial charge is 0.493 e. The van der Waals surface area contributed by atoms with Crippen LogP contribution < -0.4 is 15.2 Å². The zero-order valence-electron chi connectivity index (χ0n) is 10.7. The molecule has 1 aromatic rings. The average Bonchev–Trinajstić information content (AvgIpc) is 2.38. The van der Waals surface area contributed by atoms with Crippen molar-refractivity contribution < 1.29 is 9.47 Å². The van der Waals surface area contributed by atoms with Gasteiger partial charge in [0.2, 0.25) is 0 Å². The molecule has 0 unspecified atom stereocenters. The second kappa shape index (κ2) is 7.92. The second-order valence-corrected chi connectivity index (χ2v) is 3.72. The minimum Gasteiger partial charge on any atom is -0.493 e. The van der Waals surface area contributed by atoms with Gasteiger partial charge in [-0.3, -0.25) is 4.90 Å². The van der Waals surface area contributed by atoms with Crippen LogP contribution in [0.15, 0.2) is 24.3 Å². The summed E-state index contributed by atoms with van der Waals surface area (Å²) in [5, 5.41) is 0. The quantitative estimate of drug-likeness (QED) is 0.743. The molecule has 0 bridgehead atoms. The van der Waals surface area contributed by atoms with Crippen LogP contribution in [0, 0.1) is 0 Å². The number of nitrogens with zero attached hydrogens (tertiary/aromatic N) is 1. The first kappa shape index (κ1) is 13.8. The minimum absolute atomic E-state index is 0.647. The Balaban J connectivity index is 2.39. The van der Waals surface area contributed by atoms with E-state index in [9.17, 15) is 0 Å². The van der Waals surface area contributed by atoms with Crippen LogP contribution in [0.3, 0.4) is 0 Å². The summed E-state index contributed by atoms with van der Waals surface area (Å²) in [5.41, 5.74) is 5.53. The Hall–Kier alpha value is -1.26. The molecule has 1 aromatic carbocycles. The van der Waals surface area contributed by atoms with Gasteiger partial charge in [0.25, 0.3) is 0 Å². The number of para-hydroxylation sites is 2. The summed E-state index contributed by atoms with van der Waals surface area (Å²) in [6.07, 6.45) is 0. The number of hydrogen-bond acceptors (Lipinski definition) is 4. The minimum atomic E-state index is 0.647. The van der Waals surface area contributed by atoms with Crippen LogP contribution in [-0.4, -0.2) is 44.8 Å². The molecule has 0 aliphatic rings. The molecule has 0 aromatic heterocycles. The molecule has 4 nitrogen and oxygen atoms in total. The first-order valence-electron chi connectivity index (χ1n) is 6.00. The predicted molar refractivity (Wildman–Crippen MR) is 69.7 cm³/mol.